The van der Waals surface area contributed by atoms with Crippen LogP contribution in [0.15, 0.2) is 0 Å². The summed E-state index contributed by atoms with van der Waals surface area (Å²) in [5, 5.41) is 3.48. The lowest BCUT2D eigenvalue weighted by atomic mass is 9.99. The first kappa shape index (κ1) is 15.9. The number of rotatable bonds is 6. The van der Waals surface area contributed by atoms with E-state index in [4.69, 9.17) is 9.47 Å². The molecule has 0 aliphatic carbocycles. The Morgan fingerprint density at radius 2 is 1.78 bits per heavy atom. The van der Waals surface area contributed by atoms with Gasteiger partial charge in [-0.3, -0.25) is 4.90 Å². The lowest BCUT2D eigenvalue weighted by Crippen LogP contribution is -2.58. The molecule has 0 aromatic rings. The highest BCUT2D eigenvalue weighted by Crippen LogP contribution is 2.27. The van der Waals surface area contributed by atoms with Crippen molar-refractivity contribution in [3.8, 4) is 0 Å². The molecule has 0 amide bonds. The van der Waals surface area contributed by atoms with Crippen LogP contribution in [0, 0.1) is 0 Å². The van der Waals surface area contributed by atoms with Gasteiger partial charge in [-0.1, -0.05) is 0 Å². The summed E-state index contributed by atoms with van der Waals surface area (Å²) >= 11 is 0. The standard InChI is InChI=1S/C14H30N2O2/c1-12(9-17-6)15-7-8-16-10-13(2,3)18-14(4,5)11-16/h12,15H,7-11H2,1-6H3. The topological polar surface area (TPSA) is 33.7 Å². The van der Waals surface area contributed by atoms with Crippen LogP contribution in [0.3, 0.4) is 0 Å². The van der Waals surface area contributed by atoms with Crippen molar-refractivity contribution in [2.75, 3.05) is 39.9 Å². The van der Waals surface area contributed by atoms with E-state index in [2.05, 4.69) is 44.8 Å². The lowest BCUT2D eigenvalue weighted by Gasteiger charge is -2.47. The number of hydrogen-bond donors (Lipinski definition) is 1. The van der Waals surface area contributed by atoms with Crippen molar-refractivity contribution in [3.63, 3.8) is 0 Å². The summed E-state index contributed by atoms with van der Waals surface area (Å²) < 4.78 is 11.2. The summed E-state index contributed by atoms with van der Waals surface area (Å²) in [5.41, 5.74) is -0.111. The van der Waals surface area contributed by atoms with Crippen LogP contribution in [-0.4, -0.2) is 62.0 Å². The maximum absolute atomic E-state index is 6.08. The maximum atomic E-state index is 6.08. The molecule has 4 nitrogen and oxygen atoms in total. The molecule has 0 bridgehead atoms. The zero-order chi connectivity index (χ0) is 13.8. The van der Waals surface area contributed by atoms with Gasteiger partial charge in [-0.15, -0.1) is 0 Å². The Bertz CT molecular complexity index is 238. The van der Waals surface area contributed by atoms with Gasteiger partial charge in [0.1, 0.15) is 0 Å². The Labute approximate surface area is 112 Å². The fourth-order valence-electron chi connectivity index (χ4n) is 2.88. The van der Waals surface area contributed by atoms with Crippen LogP contribution < -0.4 is 5.32 Å². The van der Waals surface area contributed by atoms with Gasteiger partial charge in [0.25, 0.3) is 0 Å². The average Bonchev–Trinajstić information content (AvgIpc) is 2.12. The fraction of sp³-hybridized carbons (Fsp3) is 1.00. The van der Waals surface area contributed by atoms with Crippen LogP contribution >= 0.6 is 0 Å². The van der Waals surface area contributed by atoms with E-state index in [0.717, 1.165) is 32.8 Å². The second-order valence-corrected chi connectivity index (χ2v) is 6.64. The number of ether oxygens (including phenoxy) is 2. The Morgan fingerprint density at radius 3 is 2.28 bits per heavy atom. The van der Waals surface area contributed by atoms with E-state index in [1.807, 2.05) is 0 Å². The fourth-order valence-corrected chi connectivity index (χ4v) is 2.88. The molecule has 1 unspecified atom stereocenters. The molecule has 0 aromatic heterocycles. The van der Waals surface area contributed by atoms with Crippen LogP contribution in [-0.2, 0) is 9.47 Å². The molecule has 0 saturated carbocycles. The minimum Gasteiger partial charge on any atom is -0.383 e. The number of nitrogens with zero attached hydrogens (tertiary/aromatic N) is 1. The molecule has 1 N–H and O–H groups in total. The zero-order valence-corrected chi connectivity index (χ0v) is 12.9. The molecule has 4 heteroatoms. The van der Waals surface area contributed by atoms with Gasteiger partial charge in [-0.2, -0.15) is 0 Å². The number of hydrogen-bond acceptors (Lipinski definition) is 4. The van der Waals surface area contributed by atoms with E-state index >= 15 is 0 Å². The van der Waals surface area contributed by atoms with Crippen LogP contribution in [0.5, 0.6) is 0 Å². The van der Waals surface area contributed by atoms with E-state index in [1.165, 1.54) is 0 Å². The van der Waals surface area contributed by atoms with Crippen molar-refractivity contribution in [1.29, 1.82) is 0 Å². The van der Waals surface area contributed by atoms with E-state index < -0.39 is 0 Å². The third kappa shape index (κ3) is 5.65. The largest absolute Gasteiger partial charge is 0.383 e. The minimum atomic E-state index is -0.0557. The Kier molecular flexibility index (Phi) is 5.59. The van der Waals surface area contributed by atoms with Gasteiger partial charge in [0.15, 0.2) is 0 Å². The summed E-state index contributed by atoms with van der Waals surface area (Å²) in [6, 6.07) is 0.414. The molecule has 1 aliphatic heterocycles. The molecule has 1 atom stereocenters. The van der Waals surface area contributed by atoms with Gasteiger partial charge in [0.2, 0.25) is 0 Å². The summed E-state index contributed by atoms with van der Waals surface area (Å²) in [4.78, 5) is 2.48. The molecule has 0 aromatic carbocycles. The van der Waals surface area contributed by atoms with Crippen molar-refractivity contribution >= 4 is 0 Å². The molecule has 108 valence electrons. The predicted octanol–water partition coefficient (Wildman–Crippen LogP) is 1.50. The van der Waals surface area contributed by atoms with E-state index in [9.17, 15) is 0 Å². The molecule has 0 spiro atoms. The average molecular weight is 258 g/mol. The van der Waals surface area contributed by atoms with Crippen LogP contribution in [0.2, 0.25) is 0 Å². The van der Waals surface area contributed by atoms with E-state index in [1.54, 1.807) is 7.11 Å². The van der Waals surface area contributed by atoms with Crippen LogP contribution in [0.4, 0.5) is 0 Å². The maximum Gasteiger partial charge on any atom is 0.0760 e. The zero-order valence-electron chi connectivity index (χ0n) is 12.9. The van der Waals surface area contributed by atoms with Gasteiger partial charge in [0.05, 0.1) is 17.8 Å². The molecule has 0 radical (unpaired) electrons. The van der Waals surface area contributed by atoms with E-state index in [-0.39, 0.29) is 11.2 Å². The molecule has 1 rings (SSSR count). The summed E-state index contributed by atoms with van der Waals surface area (Å²) in [6.07, 6.45) is 0. The Balaban J connectivity index is 2.33. The van der Waals surface area contributed by atoms with Gasteiger partial charge in [-0.25, -0.2) is 0 Å². The predicted molar refractivity (Wildman–Crippen MR) is 75.0 cm³/mol. The molecule has 1 heterocycles. The lowest BCUT2D eigenvalue weighted by molar-refractivity contribution is -0.180. The van der Waals surface area contributed by atoms with Gasteiger partial charge < -0.3 is 14.8 Å². The first-order valence-electron chi connectivity index (χ1n) is 6.89. The normalized spacial score (nSPS) is 25.0. The molecule has 18 heavy (non-hydrogen) atoms. The molecule has 1 aliphatic rings. The third-order valence-corrected chi connectivity index (χ3v) is 3.10. The van der Waals surface area contributed by atoms with Crippen molar-refractivity contribution in [2.45, 2.75) is 51.9 Å². The number of methoxy groups -OCH3 is 1. The highest BCUT2D eigenvalue weighted by molar-refractivity contribution is 4.89. The van der Waals surface area contributed by atoms with Crippen molar-refractivity contribution in [1.82, 2.24) is 10.2 Å². The molecular formula is C14H30N2O2. The smallest absolute Gasteiger partial charge is 0.0760 e. The molecule has 1 saturated heterocycles. The SMILES string of the molecule is COCC(C)NCCN1CC(C)(C)OC(C)(C)C1. The number of morpholine rings is 1. The van der Waals surface area contributed by atoms with Crippen molar-refractivity contribution in [3.05, 3.63) is 0 Å². The third-order valence-electron chi connectivity index (χ3n) is 3.10. The van der Waals surface area contributed by atoms with Crippen molar-refractivity contribution in [2.24, 2.45) is 0 Å². The highest BCUT2D eigenvalue weighted by atomic mass is 16.5. The second-order valence-electron chi connectivity index (χ2n) is 6.64. The minimum absolute atomic E-state index is 0.0557. The monoisotopic (exact) mass is 258 g/mol. The van der Waals surface area contributed by atoms with Crippen LogP contribution in [0.25, 0.3) is 0 Å². The first-order valence-corrected chi connectivity index (χ1v) is 6.89. The first-order chi connectivity index (χ1) is 8.24. The van der Waals surface area contributed by atoms with Gasteiger partial charge in [0, 0.05) is 39.3 Å². The molecular weight excluding hydrogens is 228 g/mol. The van der Waals surface area contributed by atoms with Gasteiger partial charge >= 0.3 is 0 Å². The molecule has 1 fully saturated rings. The number of nitrogens with one attached hydrogen (secondary N) is 1. The summed E-state index contributed by atoms with van der Waals surface area (Å²) in [6.45, 7) is 15.6. The summed E-state index contributed by atoms with van der Waals surface area (Å²) in [7, 11) is 1.74. The van der Waals surface area contributed by atoms with E-state index in [0.29, 0.717) is 6.04 Å². The van der Waals surface area contributed by atoms with Crippen LogP contribution in [0.1, 0.15) is 34.6 Å². The van der Waals surface area contributed by atoms with Gasteiger partial charge in [-0.05, 0) is 34.6 Å². The highest BCUT2D eigenvalue weighted by Gasteiger charge is 2.37. The second kappa shape index (κ2) is 6.33. The van der Waals surface area contributed by atoms with Crippen molar-refractivity contribution < 1.29 is 9.47 Å². The Morgan fingerprint density at radius 1 is 1.22 bits per heavy atom. The summed E-state index contributed by atoms with van der Waals surface area (Å²) in [5.74, 6) is 0. The quantitative estimate of drug-likeness (QED) is 0.783. The Hall–Kier alpha value is -0.160.